The number of nitrogens with one attached hydrogen (secondary N) is 2. The molecule has 0 aliphatic rings. The van der Waals surface area contributed by atoms with Gasteiger partial charge in [-0.1, -0.05) is 11.6 Å². The minimum atomic E-state index is -3.76. The highest BCUT2D eigenvalue weighted by molar-refractivity contribution is 7.89. The Balaban J connectivity index is 2.51. The van der Waals surface area contributed by atoms with Gasteiger partial charge >= 0.3 is 5.97 Å². The van der Waals surface area contributed by atoms with Gasteiger partial charge in [0.25, 0.3) is 0 Å². The zero-order chi connectivity index (χ0) is 17.5. The van der Waals surface area contributed by atoms with Gasteiger partial charge in [0.2, 0.25) is 15.9 Å². The third kappa shape index (κ3) is 6.14. The Labute approximate surface area is 138 Å². The minimum Gasteiger partial charge on any atom is -0.467 e. The molecule has 3 N–H and O–H groups in total. The van der Waals surface area contributed by atoms with Gasteiger partial charge in [-0.25, -0.2) is 17.9 Å². The van der Waals surface area contributed by atoms with E-state index in [2.05, 4.69) is 14.8 Å². The number of rotatable bonds is 8. The number of aliphatic hydroxyl groups excluding tert-OH is 1. The first-order valence-corrected chi connectivity index (χ1v) is 8.39. The number of ether oxygens (including phenoxy) is 1. The van der Waals surface area contributed by atoms with Crippen molar-refractivity contribution in [1.29, 1.82) is 0 Å². The topological polar surface area (TPSA) is 122 Å². The molecule has 0 aliphatic heterocycles. The maximum absolute atomic E-state index is 12.0. The lowest BCUT2D eigenvalue weighted by Crippen LogP contribution is -2.44. The molecular formula is C13H17ClN2O6S. The standard InChI is InChI=1S/C13H17ClN2O6S/c1-22-13(19)11(8-17)16-12(18)6-7-15-23(20,21)10-4-2-9(14)3-5-10/h2-5,11,15,17H,6-8H2,1H3,(H,16,18)/t11-/m0/s1. The zero-order valence-corrected chi connectivity index (χ0v) is 13.9. The van der Waals surface area contributed by atoms with Crippen LogP contribution >= 0.6 is 11.6 Å². The Kier molecular flexibility index (Phi) is 7.43. The zero-order valence-electron chi connectivity index (χ0n) is 12.3. The Hall–Kier alpha value is -1.68. The molecule has 0 aliphatic carbocycles. The molecule has 23 heavy (non-hydrogen) atoms. The molecule has 8 nitrogen and oxygen atoms in total. The Bertz CT molecular complexity index is 647. The number of aliphatic hydroxyl groups is 1. The first kappa shape index (κ1) is 19.4. The van der Waals surface area contributed by atoms with E-state index in [9.17, 15) is 18.0 Å². The lowest BCUT2D eigenvalue weighted by molar-refractivity contribution is -0.146. The van der Waals surface area contributed by atoms with Gasteiger partial charge in [-0.2, -0.15) is 0 Å². The van der Waals surface area contributed by atoms with Gasteiger partial charge < -0.3 is 15.2 Å². The van der Waals surface area contributed by atoms with E-state index in [1.807, 2.05) is 0 Å². The number of amides is 1. The van der Waals surface area contributed by atoms with Gasteiger partial charge in [0.15, 0.2) is 6.04 Å². The molecule has 0 spiro atoms. The Morgan fingerprint density at radius 1 is 1.30 bits per heavy atom. The van der Waals surface area contributed by atoms with E-state index in [0.29, 0.717) is 5.02 Å². The summed E-state index contributed by atoms with van der Waals surface area (Å²) >= 11 is 5.68. The number of carbonyl (C=O) groups excluding carboxylic acids is 2. The number of carbonyl (C=O) groups is 2. The van der Waals surface area contributed by atoms with E-state index in [-0.39, 0.29) is 17.9 Å². The summed E-state index contributed by atoms with van der Waals surface area (Å²) in [6.45, 7) is -0.787. The number of hydrogen-bond donors (Lipinski definition) is 3. The summed E-state index contributed by atoms with van der Waals surface area (Å²) in [6, 6.07) is 4.37. The summed E-state index contributed by atoms with van der Waals surface area (Å²) < 4.78 is 30.6. The van der Waals surface area contributed by atoms with E-state index in [0.717, 1.165) is 7.11 Å². The van der Waals surface area contributed by atoms with Crippen LogP contribution in [0.15, 0.2) is 29.2 Å². The van der Waals surface area contributed by atoms with E-state index in [4.69, 9.17) is 16.7 Å². The van der Waals surface area contributed by atoms with E-state index >= 15 is 0 Å². The number of esters is 1. The van der Waals surface area contributed by atoms with Gasteiger partial charge in [0.05, 0.1) is 18.6 Å². The normalized spacial score (nSPS) is 12.5. The molecule has 0 unspecified atom stereocenters. The summed E-state index contributed by atoms with van der Waals surface area (Å²) in [5.41, 5.74) is 0. The third-order valence-corrected chi connectivity index (χ3v) is 4.50. The average molecular weight is 365 g/mol. The van der Waals surface area contributed by atoms with Crippen LogP contribution in [0.3, 0.4) is 0 Å². The van der Waals surface area contributed by atoms with Crippen molar-refractivity contribution in [1.82, 2.24) is 10.0 Å². The lowest BCUT2D eigenvalue weighted by atomic mass is 10.3. The summed E-state index contributed by atoms with van der Waals surface area (Å²) in [6.07, 6.45) is -0.208. The van der Waals surface area contributed by atoms with Gasteiger partial charge in [0, 0.05) is 18.0 Å². The first-order valence-electron chi connectivity index (χ1n) is 6.53. The highest BCUT2D eigenvalue weighted by Crippen LogP contribution is 2.13. The second kappa shape index (κ2) is 8.82. The lowest BCUT2D eigenvalue weighted by Gasteiger charge is -2.14. The maximum Gasteiger partial charge on any atom is 0.330 e. The van der Waals surface area contributed by atoms with Crippen LogP contribution in [0.5, 0.6) is 0 Å². The molecule has 128 valence electrons. The van der Waals surface area contributed by atoms with Crippen LogP contribution in [-0.4, -0.2) is 51.7 Å². The maximum atomic E-state index is 12.0. The Morgan fingerprint density at radius 2 is 1.91 bits per heavy atom. The van der Waals surface area contributed by atoms with E-state index in [1.54, 1.807) is 0 Å². The van der Waals surface area contributed by atoms with Gasteiger partial charge in [-0.3, -0.25) is 4.79 Å². The van der Waals surface area contributed by atoms with Crippen LogP contribution in [0.4, 0.5) is 0 Å². The average Bonchev–Trinajstić information content (AvgIpc) is 2.52. The van der Waals surface area contributed by atoms with Crippen LogP contribution < -0.4 is 10.0 Å². The van der Waals surface area contributed by atoms with Gasteiger partial charge in [0.1, 0.15) is 0 Å². The van der Waals surface area contributed by atoms with Gasteiger partial charge in [-0.15, -0.1) is 0 Å². The van der Waals surface area contributed by atoms with Crippen molar-refractivity contribution in [2.75, 3.05) is 20.3 Å². The van der Waals surface area contributed by atoms with Crippen molar-refractivity contribution in [3.63, 3.8) is 0 Å². The smallest absolute Gasteiger partial charge is 0.330 e. The van der Waals surface area contributed by atoms with Crippen LogP contribution in [-0.2, 0) is 24.3 Å². The molecule has 1 atom stereocenters. The predicted octanol–water partition coefficient (Wildman–Crippen LogP) is -0.341. The molecule has 1 amide bonds. The van der Waals surface area contributed by atoms with Crippen molar-refractivity contribution in [2.45, 2.75) is 17.4 Å². The van der Waals surface area contributed by atoms with Crippen molar-refractivity contribution < 1.29 is 27.9 Å². The molecule has 0 saturated carbocycles. The third-order valence-electron chi connectivity index (χ3n) is 2.77. The van der Waals surface area contributed by atoms with Crippen LogP contribution in [0, 0.1) is 0 Å². The predicted molar refractivity (Wildman–Crippen MR) is 82.3 cm³/mol. The summed E-state index contributed by atoms with van der Waals surface area (Å²) in [4.78, 5) is 22.8. The van der Waals surface area contributed by atoms with E-state index < -0.39 is 34.5 Å². The Morgan fingerprint density at radius 3 is 2.43 bits per heavy atom. The SMILES string of the molecule is COC(=O)[C@H](CO)NC(=O)CCNS(=O)(=O)c1ccc(Cl)cc1. The molecule has 1 aromatic rings. The number of methoxy groups -OCH3 is 1. The molecule has 0 radical (unpaired) electrons. The fourth-order valence-corrected chi connectivity index (χ4v) is 2.74. The fraction of sp³-hybridized carbons (Fsp3) is 0.385. The van der Waals surface area contributed by atoms with Crippen molar-refractivity contribution in [2.24, 2.45) is 0 Å². The van der Waals surface area contributed by atoms with Gasteiger partial charge in [-0.05, 0) is 24.3 Å². The summed E-state index contributed by atoms with van der Waals surface area (Å²) in [5.74, 6) is -1.39. The molecule has 0 aromatic heterocycles. The van der Waals surface area contributed by atoms with Crippen molar-refractivity contribution in [3.8, 4) is 0 Å². The van der Waals surface area contributed by atoms with Crippen LogP contribution in [0.1, 0.15) is 6.42 Å². The molecule has 0 saturated heterocycles. The van der Waals surface area contributed by atoms with Crippen molar-refractivity contribution in [3.05, 3.63) is 29.3 Å². The molecular weight excluding hydrogens is 348 g/mol. The first-order chi connectivity index (χ1) is 10.8. The second-order valence-corrected chi connectivity index (χ2v) is 6.63. The summed E-state index contributed by atoms with van der Waals surface area (Å²) in [5, 5.41) is 11.6. The number of hydrogen-bond acceptors (Lipinski definition) is 6. The summed E-state index contributed by atoms with van der Waals surface area (Å²) in [7, 11) is -2.63. The molecule has 0 heterocycles. The molecule has 1 rings (SSSR count). The highest BCUT2D eigenvalue weighted by atomic mass is 35.5. The quantitative estimate of drug-likeness (QED) is 0.542. The minimum absolute atomic E-state index is 0.0186. The molecule has 1 aromatic carbocycles. The van der Waals surface area contributed by atoms with Crippen molar-refractivity contribution >= 4 is 33.5 Å². The molecule has 0 bridgehead atoms. The molecule has 10 heteroatoms. The number of halogens is 1. The largest absolute Gasteiger partial charge is 0.467 e. The van der Waals surface area contributed by atoms with Crippen LogP contribution in [0.2, 0.25) is 5.02 Å². The monoisotopic (exact) mass is 364 g/mol. The second-order valence-electron chi connectivity index (χ2n) is 4.43. The number of benzene rings is 1. The number of sulfonamides is 1. The van der Waals surface area contributed by atoms with E-state index in [1.165, 1.54) is 24.3 Å². The highest BCUT2D eigenvalue weighted by Gasteiger charge is 2.20. The van der Waals surface area contributed by atoms with Crippen LogP contribution in [0.25, 0.3) is 0 Å². The molecule has 0 fully saturated rings. The fourth-order valence-electron chi connectivity index (χ4n) is 1.58.